The summed E-state index contributed by atoms with van der Waals surface area (Å²) in [5, 5.41) is 5.61. The van der Waals surface area contributed by atoms with Crippen molar-refractivity contribution < 1.29 is 28.8 Å². The van der Waals surface area contributed by atoms with E-state index in [1.165, 1.54) is 15.9 Å². The number of ether oxygens (including phenoxy) is 4. The van der Waals surface area contributed by atoms with Crippen molar-refractivity contribution in [2.45, 2.75) is 13.5 Å². The van der Waals surface area contributed by atoms with E-state index >= 15 is 0 Å². The van der Waals surface area contributed by atoms with Gasteiger partial charge in [0, 0.05) is 30.1 Å². The van der Waals surface area contributed by atoms with Gasteiger partial charge >= 0.3 is 0 Å². The molecule has 0 saturated carbocycles. The van der Waals surface area contributed by atoms with Crippen molar-refractivity contribution >= 4 is 43.7 Å². The molecule has 1 aromatic carbocycles. The summed E-state index contributed by atoms with van der Waals surface area (Å²) in [6.07, 6.45) is 1.62. The van der Waals surface area contributed by atoms with Gasteiger partial charge in [-0.2, -0.15) is 0 Å². The van der Waals surface area contributed by atoms with E-state index in [4.69, 9.17) is 33.8 Å². The molecular formula is C23H23N5O5S2. The number of morpholine rings is 1. The van der Waals surface area contributed by atoms with Crippen molar-refractivity contribution in [3.05, 3.63) is 35.0 Å². The normalized spacial score (nSPS) is 17.1. The third-order valence-electron chi connectivity index (χ3n) is 5.57. The Labute approximate surface area is 214 Å². The van der Waals surface area contributed by atoms with Crippen LogP contribution in [0.3, 0.4) is 0 Å². The molecule has 1 unspecified atom stereocenters. The first-order valence-corrected chi connectivity index (χ1v) is 12.4. The van der Waals surface area contributed by atoms with Gasteiger partial charge in [0.1, 0.15) is 29.4 Å². The summed E-state index contributed by atoms with van der Waals surface area (Å²) >= 11 is 2.55. The van der Waals surface area contributed by atoms with E-state index in [-0.39, 0.29) is 5.19 Å². The highest BCUT2D eigenvalue weighted by Gasteiger charge is 2.20. The van der Waals surface area contributed by atoms with Crippen LogP contribution in [0.4, 0.5) is 5.13 Å². The number of benzene rings is 1. The van der Waals surface area contributed by atoms with Gasteiger partial charge in [0.2, 0.25) is 4.96 Å². The second-order valence-electron chi connectivity index (χ2n) is 7.74. The average molecular weight is 518 g/mol. The number of fused-ring (bicyclic) bond motifs is 2. The smallest absolute Gasteiger partial charge is 0.294 e. The fourth-order valence-corrected chi connectivity index (χ4v) is 5.36. The van der Waals surface area contributed by atoms with Crippen molar-refractivity contribution in [2.75, 3.05) is 45.4 Å². The first-order valence-electron chi connectivity index (χ1n) is 12.8. The van der Waals surface area contributed by atoms with Gasteiger partial charge in [-0.1, -0.05) is 0 Å². The Morgan fingerprint density at radius 1 is 1.17 bits per heavy atom. The van der Waals surface area contributed by atoms with E-state index < -0.39 is 13.6 Å². The van der Waals surface area contributed by atoms with Crippen LogP contribution in [0, 0.1) is 6.92 Å². The third-order valence-corrected chi connectivity index (χ3v) is 7.42. The van der Waals surface area contributed by atoms with Crippen molar-refractivity contribution in [3.63, 3.8) is 0 Å². The molecule has 0 N–H and O–H groups in total. The molecule has 6 rings (SSSR count). The number of hydrogen-bond donors (Lipinski definition) is 0. The van der Waals surface area contributed by atoms with Gasteiger partial charge in [0.15, 0.2) is 10.9 Å². The summed E-state index contributed by atoms with van der Waals surface area (Å²) in [7, 11) is -1.05. The maximum Gasteiger partial charge on any atom is 0.294 e. The fourth-order valence-electron chi connectivity index (χ4n) is 3.78. The van der Waals surface area contributed by atoms with Crippen LogP contribution in [0.2, 0.25) is 0 Å². The van der Waals surface area contributed by atoms with Crippen LogP contribution in [0.25, 0.3) is 27.4 Å². The molecule has 0 bridgehead atoms. The number of imidazole rings is 1. The first-order chi connectivity index (χ1) is 18.7. The topological polar surface area (TPSA) is 96.4 Å². The maximum absolute atomic E-state index is 8.76. The van der Waals surface area contributed by atoms with Gasteiger partial charge in [-0.3, -0.25) is 0 Å². The Kier molecular flexibility index (Phi) is 4.64. The Morgan fingerprint density at radius 3 is 2.86 bits per heavy atom. The highest BCUT2D eigenvalue weighted by atomic mass is 32.1. The molecule has 1 fully saturated rings. The molecule has 5 heterocycles. The second kappa shape index (κ2) is 9.02. The van der Waals surface area contributed by atoms with E-state index in [2.05, 4.69) is 15.0 Å². The van der Waals surface area contributed by atoms with E-state index in [1.54, 1.807) is 31.5 Å². The minimum absolute atomic E-state index is 0.00956. The molecule has 1 aliphatic heterocycles. The van der Waals surface area contributed by atoms with E-state index in [9.17, 15) is 0 Å². The molecule has 0 aliphatic carbocycles. The monoisotopic (exact) mass is 517 g/mol. The molecule has 0 spiro atoms. The first kappa shape index (κ1) is 18.0. The number of anilines is 1. The summed E-state index contributed by atoms with van der Waals surface area (Å²) < 4.78 is 59.8. The largest absolute Gasteiger partial charge is 0.496 e. The van der Waals surface area contributed by atoms with Gasteiger partial charge < -0.3 is 28.3 Å². The standard InChI is InChI=1S/C23H23N5O5S2/c1-13-17(25-21(34-13)27-4-6-31-7-5-27)12-32-18-8-14(29-2)9-19-15(18)10-20(33-19)16-11-28-22(24-16)35-23(26-28)30-3/h8-11H,4-7,12H2,1-3H3/i3D3,12D. The van der Waals surface area contributed by atoms with Crippen LogP contribution in [-0.2, 0) is 11.3 Å². The third kappa shape index (κ3) is 4.17. The number of hydrogen-bond acceptors (Lipinski definition) is 11. The molecule has 1 atom stereocenters. The zero-order valence-electron chi connectivity index (χ0n) is 22.8. The number of methoxy groups -OCH3 is 2. The van der Waals surface area contributed by atoms with Crippen LogP contribution < -0.4 is 19.1 Å². The van der Waals surface area contributed by atoms with Gasteiger partial charge in [-0.05, 0) is 24.3 Å². The van der Waals surface area contributed by atoms with E-state index in [1.807, 2.05) is 6.92 Å². The van der Waals surface area contributed by atoms with Crippen LogP contribution in [0.15, 0.2) is 28.8 Å². The van der Waals surface area contributed by atoms with Gasteiger partial charge in [-0.15, -0.1) is 16.4 Å². The summed E-state index contributed by atoms with van der Waals surface area (Å²) in [5.41, 5.74) is 1.53. The molecule has 1 saturated heterocycles. The summed E-state index contributed by atoms with van der Waals surface area (Å²) in [5.74, 6) is 1.36. The molecule has 182 valence electrons. The molecule has 10 nitrogen and oxygen atoms in total. The highest BCUT2D eigenvalue weighted by Crippen LogP contribution is 2.38. The zero-order valence-corrected chi connectivity index (χ0v) is 20.4. The molecule has 0 radical (unpaired) electrons. The lowest BCUT2D eigenvalue weighted by atomic mass is 10.2. The number of furan rings is 1. The lowest BCUT2D eigenvalue weighted by molar-refractivity contribution is 0.122. The lowest BCUT2D eigenvalue weighted by Gasteiger charge is -2.26. The molecule has 0 amide bonds. The Bertz CT molecular complexity index is 1610. The van der Waals surface area contributed by atoms with Gasteiger partial charge in [0.05, 0.1) is 50.1 Å². The Balaban J connectivity index is 1.29. The summed E-state index contributed by atoms with van der Waals surface area (Å²) in [4.78, 5) is 12.7. The number of thiazole rings is 1. The van der Waals surface area contributed by atoms with Crippen molar-refractivity contribution in [1.29, 1.82) is 0 Å². The molecule has 1 aliphatic rings. The lowest BCUT2D eigenvalue weighted by Crippen LogP contribution is -2.36. The quantitative estimate of drug-likeness (QED) is 0.311. The van der Waals surface area contributed by atoms with Crippen molar-refractivity contribution in [2.24, 2.45) is 0 Å². The minimum Gasteiger partial charge on any atom is -0.496 e. The summed E-state index contributed by atoms with van der Waals surface area (Å²) in [6.45, 7) is 3.70. The predicted molar refractivity (Wildman–Crippen MR) is 133 cm³/mol. The minimum atomic E-state index is -2.59. The second-order valence-corrected chi connectivity index (χ2v) is 9.84. The summed E-state index contributed by atoms with van der Waals surface area (Å²) in [6, 6.07) is 5.21. The molecule has 4 aromatic heterocycles. The van der Waals surface area contributed by atoms with Crippen LogP contribution in [0.1, 0.15) is 16.1 Å². The van der Waals surface area contributed by atoms with E-state index in [0.29, 0.717) is 57.8 Å². The molecule has 5 aromatic rings. The zero-order chi connectivity index (χ0) is 27.3. The maximum atomic E-state index is 8.76. The van der Waals surface area contributed by atoms with Crippen LogP contribution in [0.5, 0.6) is 16.7 Å². The average Bonchev–Trinajstić information content (AvgIpc) is 3.65. The van der Waals surface area contributed by atoms with Crippen molar-refractivity contribution in [3.8, 4) is 28.1 Å². The number of aromatic nitrogens is 4. The molecule has 35 heavy (non-hydrogen) atoms. The Hall–Kier alpha value is -3.35. The SMILES string of the molecule is [2H]C(Oc1cc(OC)cc2oc(-c3cn4nc(OC([2H])([2H])[2H])sc4n3)cc12)c1nc(N2CCOCC2)sc1C. The predicted octanol–water partition coefficient (Wildman–Crippen LogP) is 4.40. The van der Waals surface area contributed by atoms with Crippen LogP contribution >= 0.6 is 22.7 Å². The fraction of sp³-hybridized carbons (Fsp3) is 0.348. The number of nitrogens with zero attached hydrogens (tertiary/aromatic N) is 5. The molecule has 12 heteroatoms. The molecular weight excluding hydrogens is 490 g/mol. The van der Waals surface area contributed by atoms with Crippen molar-refractivity contribution in [1.82, 2.24) is 19.6 Å². The number of aryl methyl sites for hydroxylation is 1. The van der Waals surface area contributed by atoms with Gasteiger partial charge in [-0.25, -0.2) is 14.5 Å². The van der Waals surface area contributed by atoms with Crippen LogP contribution in [-0.4, -0.2) is 60.0 Å². The highest BCUT2D eigenvalue weighted by molar-refractivity contribution is 7.18. The van der Waals surface area contributed by atoms with Gasteiger partial charge in [0.25, 0.3) is 5.19 Å². The van der Waals surface area contributed by atoms with E-state index in [0.717, 1.165) is 34.4 Å². The Morgan fingerprint density at radius 2 is 2.06 bits per heavy atom. The number of rotatable bonds is 7.